The zero-order valence-electron chi connectivity index (χ0n) is 14.8. The maximum atomic E-state index is 13.1. The lowest BCUT2D eigenvalue weighted by atomic mass is 9.94. The van der Waals surface area contributed by atoms with Crippen molar-refractivity contribution in [2.24, 2.45) is 0 Å². The van der Waals surface area contributed by atoms with Crippen molar-refractivity contribution in [2.75, 3.05) is 13.1 Å². The van der Waals surface area contributed by atoms with Crippen LogP contribution in [0.3, 0.4) is 0 Å². The lowest BCUT2D eigenvalue weighted by Crippen LogP contribution is -2.38. The highest BCUT2D eigenvalue weighted by Gasteiger charge is 2.31. The van der Waals surface area contributed by atoms with Crippen molar-refractivity contribution in [3.8, 4) is 5.75 Å². The maximum absolute atomic E-state index is 13.1. The van der Waals surface area contributed by atoms with Crippen LogP contribution in [0.2, 0.25) is 5.02 Å². The summed E-state index contributed by atoms with van der Waals surface area (Å²) in [5.41, 5.74) is 1.95. The molecule has 1 aromatic carbocycles. The summed E-state index contributed by atoms with van der Waals surface area (Å²) in [4.78, 5) is 15.4. The molecule has 1 unspecified atom stereocenters. The lowest BCUT2D eigenvalue weighted by molar-refractivity contribution is 0.183. The van der Waals surface area contributed by atoms with E-state index >= 15 is 0 Å². The maximum Gasteiger partial charge on any atom is 0.259 e. The summed E-state index contributed by atoms with van der Waals surface area (Å²) >= 11 is 6.48. The van der Waals surface area contributed by atoms with Crippen LogP contribution < -0.4 is 5.56 Å². The highest BCUT2D eigenvalue weighted by Crippen LogP contribution is 2.37. The van der Waals surface area contributed by atoms with Crippen molar-refractivity contribution in [3.63, 3.8) is 0 Å². The Morgan fingerprint density at radius 3 is 2.52 bits per heavy atom. The second-order valence-corrected chi connectivity index (χ2v) is 7.06. The van der Waals surface area contributed by atoms with E-state index in [0.29, 0.717) is 17.1 Å². The standard InChI is InChI=1S/C20H25ClN2O2/c1-3-23-14(2)13-17(24)18(20(23)25)19(22-11-7-4-8-12-22)15-9-5-6-10-16(15)21/h5-6,9-10,13,19,24H,3-4,7-8,11-12H2,1-2H3. The van der Waals surface area contributed by atoms with Crippen molar-refractivity contribution < 1.29 is 5.11 Å². The first kappa shape index (κ1) is 18.0. The Morgan fingerprint density at radius 1 is 1.20 bits per heavy atom. The monoisotopic (exact) mass is 360 g/mol. The number of aromatic hydroxyl groups is 1. The highest BCUT2D eigenvalue weighted by molar-refractivity contribution is 6.31. The predicted molar refractivity (Wildman–Crippen MR) is 101 cm³/mol. The van der Waals surface area contributed by atoms with Gasteiger partial charge in [0.1, 0.15) is 5.75 Å². The molecule has 3 rings (SSSR count). The molecule has 2 heterocycles. The van der Waals surface area contributed by atoms with E-state index < -0.39 is 0 Å². The lowest BCUT2D eigenvalue weighted by Gasteiger charge is -2.35. The number of hydrogen-bond acceptors (Lipinski definition) is 3. The molecule has 1 aliphatic heterocycles. The van der Waals surface area contributed by atoms with E-state index in [1.807, 2.05) is 38.1 Å². The topological polar surface area (TPSA) is 45.5 Å². The Labute approximate surface area is 153 Å². The molecule has 134 valence electrons. The van der Waals surface area contributed by atoms with Gasteiger partial charge in [-0.25, -0.2) is 0 Å². The van der Waals surface area contributed by atoms with Gasteiger partial charge < -0.3 is 9.67 Å². The number of likely N-dealkylation sites (tertiary alicyclic amines) is 1. The van der Waals surface area contributed by atoms with Crippen LogP contribution in [0.15, 0.2) is 35.1 Å². The van der Waals surface area contributed by atoms with Crippen molar-refractivity contribution in [1.29, 1.82) is 0 Å². The largest absolute Gasteiger partial charge is 0.507 e. The number of aryl methyl sites for hydroxylation is 1. The van der Waals surface area contributed by atoms with Gasteiger partial charge in [-0.15, -0.1) is 0 Å². The molecule has 25 heavy (non-hydrogen) atoms. The molecule has 5 heteroatoms. The van der Waals surface area contributed by atoms with E-state index in [1.165, 1.54) is 6.42 Å². The normalized spacial score (nSPS) is 16.8. The van der Waals surface area contributed by atoms with Gasteiger partial charge in [0.15, 0.2) is 0 Å². The minimum absolute atomic E-state index is 0.0580. The van der Waals surface area contributed by atoms with E-state index in [4.69, 9.17) is 11.6 Å². The van der Waals surface area contributed by atoms with Crippen LogP contribution in [0.1, 0.15) is 49.0 Å². The molecular weight excluding hydrogens is 336 g/mol. The van der Waals surface area contributed by atoms with Crippen molar-refractivity contribution in [2.45, 2.75) is 45.7 Å². The molecule has 0 saturated carbocycles. The van der Waals surface area contributed by atoms with Gasteiger partial charge in [0.2, 0.25) is 0 Å². The van der Waals surface area contributed by atoms with E-state index in [-0.39, 0.29) is 17.4 Å². The number of rotatable bonds is 4. The second-order valence-electron chi connectivity index (χ2n) is 6.65. The quantitative estimate of drug-likeness (QED) is 0.892. The second kappa shape index (κ2) is 7.63. The van der Waals surface area contributed by atoms with Crippen LogP contribution in [0.4, 0.5) is 0 Å². The first-order valence-corrected chi connectivity index (χ1v) is 9.34. The molecule has 1 fully saturated rings. The minimum Gasteiger partial charge on any atom is -0.507 e. The number of nitrogens with zero attached hydrogens (tertiary/aromatic N) is 2. The average molecular weight is 361 g/mol. The summed E-state index contributed by atoms with van der Waals surface area (Å²) in [5, 5.41) is 11.3. The first-order valence-electron chi connectivity index (χ1n) is 8.96. The molecule has 2 aromatic rings. The fourth-order valence-corrected chi connectivity index (χ4v) is 4.07. The fraction of sp³-hybridized carbons (Fsp3) is 0.450. The van der Waals surface area contributed by atoms with Crippen LogP contribution in [0.5, 0.6) is 5.75 Å². The molecule has 1 aliphatic rings. The molecule has 1 aromatic heterocycles. The minimum atomic E-state index is -0.320. The van der Waals surface area contributed by atoms with Gasteiger partial charge in [-0.2, -0.15) is 0 Å². The SMILES string of the molecule is CCn1c(C)cc(O)c(C(c2ccccc2Cl)N2CCCCC2)c1=O. The van der Waals surface area contributed by atoms with Crippen molar-refractivity contribution in [1.82, 2.24) is 9.47 Å². The van der Waals surface area contributed by atoms with E-state index in [2.05, 4.69) is 4.90 Å². The summed E-state index contributed by atoms with van der Waals surface area (Å²) < 4.78 is 1.71. The molecule has 0 spiro atoms. The molecule has 0 bridgehead atoms. The van der Waals surface area contributed by atoms with Gasteiger partial charge in [-0.1, -0.05) is 36.2 Å². The molecule has 1 atom stereocenters. The summed E-state index contributed by atoms with van der Waals surface area (Å²) in [6.07, 6.45) is 3.38. The average Bonchev–Trinajstić information content (AvgIpc) is 2.60. The number of halogens is 1. The van der Waals surface area contributed by atoms with Crippen molar-refractivity contribution in [3.05, 3.63) is 62.5 Å². The molecule has 1 N–H and O–H groups in total. The zero-order chi connectivity index (χ0) is 18.0. The number of aromatic nitrogens is 1. The summed E-state index contributed by atoms with van der Waals surface area (Å²) in [6, 6.07) is 8.99. The van der Waals surface area contributed by atoms with E-state index in [9.17, 15) is 9.90 Å². The van der Waals surface area contributed by atoms with Gasteiger partial charge in [-0.05, 0) is 57.5 Å². The summed E-state index contributed by atoms with van der Waals surface area (Å²) in [6.45, 7) is 6.16. The first-order chi connectivity index (χ1) is 12.0. The summed E-state index contributed by atoms with van der Waals surface area (Å²) in [5.74, 6) is 0.0580. The van der Waals surface area contributed by atoms with Gasteiger partial charge in [-0.3, -0.25) is 9.69 Å². The molecule has 0 amide bonds. The molecule has 0 aliphatic carbocycles. The molecular formula is C20H25ClN2O2. The zero-order valence-corrected chi connectivity index (χ0v) is 15.6. The fourth-order valence-electron chi connectivity index (χ4n) is 3.83. The third-order valence-electron chi connectivity index (χ3n) is 5.07. The number of pyridine rings is 1. The highest BCUT2D eigenvalue weighted by atomic mass is 35.5. The Hall–Kier alpha value is -1.78. The molecule has 1 saturated heterocycles. The third-order valence-corrected chi connectivity index (χ3v) is 5.41. The Morgan fingerprint density at radius 2 is 1.88 bits per heavy atom. The van der Waals surface area contributed by atoms with E-state index in [1.54, 1.807) is 10.6 Å². The number of benzene rings is 1. The van der Waals surface area contributed by atoms with Gasteiger partial charge >= 0.3 is 0 Å². The van der Waals surface area contributed by atoms with Gasteiger partial charge in [0.05, 0.1) is 11.6 Å². The third kappa shape index (κ3) is 3.46. The van der Waals surface area contributed by atoms with Crippen LogP contribution >= 0.6 is 11.6 Å². The van der Waals surface area contributed by atoms with Crippen LogP contribution in [0, 0.1) is 6.92 Å². The number of hydrogen-bond donors (Lipinski definition) is 1. The summed E-state index contributed by atoms with van der Waals surface area (Å²) in [7, 11) is 0. The Kier molecular flexibility index (Phi) is 5.50. The van der Waals surface area contributed by atoms with Crippen LogP contribution in [-0.4, -0.2) is 27.7 Å². The Balaban J connectivity index is 2.22. The number of piperidine rings is 1. The van der Waals surface area contributed by atoms with Crippen LogP contribution in [0.25, 0.3) is 0 Å². The van der Waals surface area contributed by atoms with Crippen LogP contribution in [-0.2, 0) is 6.54 Å². The van der Waals surface area contributed by atoms with Gasteiger partial charge in [0.25, 0.3) is 5.56 Å². The van der Waals surface area contributed by atoms with E-state index in [0.717, 1.165) is 37.2 Å². The predicted octanol–water partition coefficient (Wildman–Crippen LogP) is 4.11. The molecule has 4 nitrogen and oxygen atoms in total. The smallest absolute Gasteiger partial charge is 0.259 e. The van der Waals surface area contributed by atoms with Crippen molar-refractivity contribution >= 4 is 11.6 Å². The van der Waals surface area contributed by atoms with Gasteiger partial charge in [0, 0.05) is 17.3 Å². The Bertz CT molecular complexity index is 810. The molecule has 0 radical (unpaired) electrons.